The molecule has 3 aromatic carbocycles. The number of carbonyl (C=O) groups excluding carboxylic acids is 2. The molecule has 0 saturated heterocycles. The van der Waals surface area contributed by atoms with Gasteiger partial charge >= 0.3 is 0 Å². The molecule has 0 radical (unpaired) electrons. The van der Waals surface area contributed by atoms with Crippen LogP contribution in [0.2, 0.25) is 0 Å². The zero-order valence-electron chi connectivity index (χ0n) is 18.8. The van der Waals surface area contributed by atoms with E-state index in [1.54, 1.807) is 60.7 Å². The number of benzene rings is 3. The molecule has 0 aliphatic carbocycles. The third-order valence-corrected chi connectivity index (χ3v) is 6.17. The van der Waals surface area contributed by atoms with E-state index in [9.17, 15) is 14.7 Å². The number of fused-ring (bicyclic) bond motifs is 1. The molecular weight excluding hydrogens is 557 g/mol. The number of phenolic OH excluding ortho intramolecular Hbond substituents is 1. The van der Waals surface area contributed by atoms with Gasteiger partial charge in [0, 0.05) is 20.4 Å². The summed E-state index contributed by atoms with van der Waals surface area (Å²) in [7, 11) is 0. The van der Waals surface area contributed by atoms with Gasteiger partial charge in [0.15, 0.2) is 6.17 Å². The lowest BCUT2D eigenvalue weighted by atomic mass is 10.0. The normalized spacial score (nSPS) is 14.5. The first-order chi connectivity index (χ1) is 16.9. The highest BCUT2D eigenvalue weighted by molar-refractivity contribution is 14.1. The average Bonchev–Trinajstić information content (AvgIpc) is 2.86. The van der Waals surface area contributed by atoms with E-state index in [4.69, 9.17) is 4.74 Å². The Labute approximate surface area is 217 Å². The zero-order chi connectivity index (χ0) is 24.9. The molecule has 1 aliphatic rings. The molecule has 0 unspecified atom stereocenters. The molecule has 3 N–H and O–H groups in total. The third-order valence-electron chi connectivity index (χ3n) is 5.50. The van der Waals surface area contributed by atoms with Gasteiger partial charge in [-0.25, -0.2) is 5.01 Å². The number of hydrazine groups is 1. The topological polar surface area (TPSA) is 90.9 Å². The number of nitrogens with one attached hydrogen (secondary N) is 2. The van der Waals surface area contributed by atoms with Crippen molar-refractivity contribution in [1.29, 1.82) is 0 Å². The number of para-hydroxylation sites is 1. The van der Waals surface area contributed by atoms with E-state index in [2.05, 4.69) is 46.5 Å². The molecule has 4 rings (SSSR count). The highest BCUT2D eigenvalue weighted by Crippen LogP contribution is 2.37. The maximum absolute atomic E-state index is 13.6. The summed E-state index contributed by atoms with van der Waals surface area (Å²) >= 11 is 2.13. The fraction of sp³-hybridized carbons (Fsp3) is 0.111. The van der Waals surface area contributed by atoms with E-state index in [1.165, 1.54) is 5.01 Å². The van der Waals surface area contributed by atoms with Gasteiger partial charge in [-0.2, -0.15) is 0 Å². The Kier molecular flexibility index (Phi) is 7.40. The molecule has 1 heterocycles. The number of aromatic hydroxyl groups is 1. The van der Waals surface area contributed by atoms with Gasteiger partial charge in [-0.3, -0.25) is 15.0 Å². The van der Waals surface area contributed by atoms with Gasteiger partial charge < -0.3 is 15.2 Å². The Balaban J connectivity index is 1.69. The van der Waals surface area contributed by atoms with Gasteiger partial charge in [-0.1, -0.05) is 36.9 Å². The van der Waals surface area contributed by atoms with Crippen molar-refractivity contribution < 1.29 is 19.4 Å². The van der Waals surface area contributed by atoms with Gasteiger partial charge in [0.05, 0.1) is 5.56 Å². The summed E-state index contributed by atoms with van der Waals surface area (Å²) in [5.41, 5.74) is 5.23. The lowest BCUT2D eigenvalue weighted by molar-refractivity contribution is 0.0488. The van der Waals surface area contributed by atoms with Crippen molar-refractivity contribution in [3.63, 3.8) is 0 Å². The van der Waals surface area contributed by atoms with Crippen molar-refractivity contribution in [2.45, 2.75) is 12.6 Å². The monoisotopic (exact) mass is 581 g/mol. The molecule has 0 aromatic heterocycles. The molecule has 1 aliphatic heterocycles. The van der Waals surface area contributed by atoms with Crippen LogP contribution in [0.4, 0.5) is 5.69 Å². The molecule has 1 atom stereocenters. The van der Waals surface area contributed by atoms with Crippen LogP contribution in [0.3, 0.4) is 0 Å². The zero-order valence-corrected chi connectivity index (χ0v) is 21.0. The van der Waals surface area contributed by atoms with Crippen LogP contribution in [0, 0.1) is 3.57 Å². The van der Waals surface area contributed by atoms with Crippen LogP contribution in [0.1, 0.15) is 38.0 Å². The number of nitrogens with zero attached hydrogens (tertiary/aromatic N) is 1. The second-order valence-corrected chi connectivity index (χ2v) is 9.07. The molecule has 7 nitrogen and oxygen atoms in total. The van der Waals surface area contributed by atoms with Gasteiger partial charge in [0.2, 0.25) is 0 Å². The summed E-state index contributed by atoms with van der Waals surface area (Å²) in [6, 6.07) is 17.3. The van der Waals surface area contributed by atoms with E-state index >= 15 is 0 Å². The van der Waals surface area contributed by atoms with Gasteiger partial charge in [-0.15, -0.1) is 6.58 Å². The van der Waals surface area contributed by atoms with Crippen LogP contribution in [0.25, 0.3) is 0 Å². The van der Waals surface area contributed by atoms with Gasteiger partial charge in [0.25, 0.3) is 11.8 Å². The SMILES string of the molecule is C=CCOc1ccc(C(=O)NN2C(=O)c3cc(I)ccc3N[C@@H]2c2cccc(CC=C)c2O)cc1. The number of rotatable bonds is 8. The van der Waals surface area contributed by atoms with Crippen molar-refractivity contribution in [3.8, 4) is 11.5 Å². The first-order valence-corrected chi connectivity index (χ1v) is 12.0. The molecule has 0 bridgehead atoms. The molecule has 3 aromatic rings. The van der Waals surface area contributed by atoms with E-state index in [-0.39, 0.29) is 5.75 Å². The summed E-state index contributed by atoms with van der Waals surface area (Å²) in [6.45, 7) is 7.71. The minimum absolute atomic E-state index is 0.0367. The lowest BCUT2D eigenvalue weighted by Crippen LogP contribution is -2.53. The quantitative estimate of drug-likeness (QED) is 0.251. The molecule has 2 amide bonds. The van der Waals surface area contributed by atoms with Crippen molar-refractivity contribution in [1.82, 2.24) is 10.4 Å². The van der Waals surface area contributed by atoms with Crippen LogP contribution >= 0.6 is 22.6 Å². The lowest BCUT2D eigenvalue weighted by Gasteiger charge is -2.38. The van der Waals surface area contributed by atoms with Crippen LogP contribution in [-0.2, 0) is 6.42 Å². The van der Waals surface area contributed by atoms with Crippen LogP contribution in [0.15, 0.2) is 86.0 Å². The van der Waals surface area contributed by atoms with Crippen LogP contribution in [0.5, 0.6) is 11.5 Å². The van der Waals surface area contributed by atoms with Crippen LogP contribution < -0.4 is 15.5 Å². The van der Waals surface area contributed by atoms with Crippen molar-refractivity contribution in [2.75, 3.05) is 11.9 Å². The molecule has 178 valence electrons. The Morgan fingerprint density at radius 2 is 1.91 bits per heavy atom. The molecule has 35 heavy (non-hydrogen) atoms. The Bertz CT molecular complexity index is 1290. The predicted molar refractivity (Wildman–Crippen MR) is 143 cm³/mol. The first-order valence-electron chi connectivity index (χ1n) is 10.9. The number of halogens is 1. The van der Waals surface area contributed by atoms with Crippen molar-refractivity contribution in [2.24, 2.45) is 0 Å². The number of carbonyl (C=O) groups is 2. The minimum Gasteiger partial charge on any atom is -0.507 e. The van der Waals surface area contributed by atoms with Crippen molar-refractivity contribution in [3.05, 3.63) is 112 Å². The standard InChI is InChI=1S/C27H24IN3O4/c1-3-6-17-7-5-8-21(24(17)32)25-29-23-14-11-19(28)16-22(23)27(34)31(25)30-26(33)18-9-12-20(13-10-18)35-15-4-2/h3-5,7-14,16,25,29,32H,1-2,6,15H2,(H,30,33)/t25-/m0/s1. The first kappa shape index (κ1) is 24.3. The summed E-state index contributed by atoms with van der Waals surface area (Å²) in [4.78, 5) is 26.7. The molecule has 0 fully saturated rings. The molecule has 8 heteroatoms. The maximum Gasteiger partial charge on any atom is 0.276 e. The number of anilines is 1. The minimum atomic E-state index is -0.834. The average molecular weight is 581 g/mol. The van der Waals surface area contributed by atoms with Gasteiger partial charge in [-0.05, 0) is 77.0 Å². The number of hydrogen-bond acceptors (Lipinski definition) is 5. The largest absolute Gasteiger partial charge is 0.507 e. The summed E-state index contributed by atoms with van der Waals surface area (Å²) < 4.78 is 6.35. The van der Waals surface area contributed by atoms with E-state index < -0.39 is 18.0 Å². The summed E-state index contributed by atoms with van der Waals surface area (Å²) in [5.74, 6) is -0.233. The fourth-order valence-electron chi connectivity index (χ4n) is 3.79. The number of phenols is 1. The van der Waals surface area contributed by atoms with Gasteiger partial charge in [0.1, 0.15) is 18.1 Å². The second-order valence-electron chi connectivity index (χ2n) is 7.82. The number of amides is 2. The third kappa shape index (κ3) is 5.17. The van der Waals surface area contributed by atoms with Crippen molar-refractivity contribution >= 4 is 40.1 Å². The van der Waals surface area contributed by atoms with E-state index in [1.807, 2.05) is 12.1 Å². The van der Waals surface area contributed by atoms with E-state index in [0.29, 0.717) is 46.7 Å². The molecular formula is C27H24IN3O4. The van der Waals surface area contributed by atoms with E-state index in [0.717, 1.165) is 3.57 Å². The number of ether oxygens (including phenoxy) is 1. The highest BCUT2D eigenvalue weighted by atomic mass is 127. The smallest absolute Gasteiger partial charge is 0.276 e. The molecule has 0 spiro atoms. The Morgan fingerprint density at radius 3 is 2.63 bits per heavy atom. The summed E-state index contributed by atoms with van der Waals surface area (Å²) in [5, 5.41) is 15.5. The summed E-state index contributed by atoms with van der Waals surface area (Å²) in [6.07, 6.45) is 2.95. The fourth-order valence-corrected chi connectivity index (χ4v) is 4.29. The predicted octanol–water partition coefficient (Wildman–Crippen LogP) is 5.20. The Morgan fingerprint density at radius 1 is 1.14 bits per heavy atom. The Hall–Kier alpha value is -3.79. The second kappa shape index (κ2) is 10.6. The highest BCUT2D eigenvalue weighted by Gasteiger charge is 2.36. The maximum atomic E-state index is 13.6. The van der Waals surface area contributed by atoms with Crippen LogP contribution in [-0.4, -0.2) is 28.5 Å². The number of hydrogen-bond donors (Lipinski definition) is 3. The molecule has 0 saturated carbocycles. The number of allylic oxidation sites excluding steroid dienone is 1.